The molecule has 3 aromatic carbocycles. The van der Waals surface area contributed by atoms with Crippen molar-refractivity contribution >= 4 is 83.2 Å². The van der Waals surface area contributed by atoms with Crippen LogP contribution in [0.5, 0.6) is 23.0 Å². The molecule has 2 saturated carbocycles. The van der Waals surface area contributed by atoms with Gasteiger partial charge in [0.05, 0.1) is 89.3 Å². The van der Waals surface area contributed by atoms with Gasteiger partial charge in [0.25, 0.3) is 0 Å². The van der Waals surface area contributed by atoms with Crippen molar-refractivity contribution in [3.8, 4) is 35.1 Å². The SMILES string of the molecule is C=CC(=O)OCC(C)OCC(C)OC(=O)CCC(=O)OCCc1ccc(OC(=O)[C@H]2CC[C@H](C(=O)Oc3ccc(OC(=O)[C@H]4CC[C@H](C(=O)Oc5ccc(CCOC(=O)CCC(=O)OC(C)COC(=O)C=C)cc5)CC4)c4c3SC(=C(C#N)C#N)S4)CC2)cc1. The molecule has 478 valence electrons. The second kappa shape index (κ2) is 36.0. The standard InChI is InChI=1S/C65H70N2O21S2/c1-6-53(68)81-36-39(3)80-37-40(4)83-57(72)28-26-55(70)78-32-30-42-8-20-49(21-9-42)85-61(74)44-12-16-46(17-13-44)63(76)87-51-24-25-52(60-59(51)89-65(90-60)48(34-66)35-67)88-64(77)47-18-14-45(15-19-47)62(75)86-50-22-10-43(11-23-50)31-33-79-56(71)27-29-58(73)84-41(5)38-82-54(69)7-2/h6-11,20-25,39-41,44-47H,1-2,12-19,26-33,36-38H2,3-5H3/t39?,40?,41?,44-,45-,46-,47-. The van der Waals surface area contributed by atoms with Crippen LogP contribution in [0.4, 0.5) is 0 Å². The number of carbonyl (C=O) groups is 10. The lowest BCUT2D eigenvalue weighted by Gasteiger charge is -2.26. The lowest BCUT2D eigenvalue weighted by atomic mass is 9.82. The molecule has 3 atom stereocenters. The highest BCUT2D eigenvalue weighted by Crippen LogP contribution is 2.59. The molecule has 90 heavy (non-hydrogen) atoms. The molecule has 0 radical (unpaired) electrons. The predicted molar refractivity (Wildman–Crippen MR) is 319 cm³/mol. The first-order chi connectivity index (χ1) is 43.2. The minimum absolute atomic E-state index is 0.0136. The van der Waals surface area contributed by atoms with E-state index in [1.165, 1.54) is 12.1 Å². The van der Waals surface area contributed by atoms with E-state index in [0.717, 1.165) is 46.8 Å². The number of hydrogen-bond acceptors (Lipinski definition) is 25. The van der Waals surface area contributed by atoms with Crippen LogP contribution < -0.4 is 18.9 Å². The quantitative estimate of drug-likeness (QED) is 0.0190. The normalized spacial score (nSPS) is 17.5. The summed E-state index contributed by atoms with van der Waals surface area (Å²) in [5.41, 5.74) is 1.43. The van der Waals surface area contributed by atoms with Gasteiger partial charge in [-0.05, 0) is 120 Å². The van der Waals surface area contributed by atoms with Crippen molar-refractivity contribution in [3.63, 3.8) is 0 Å². The first-order valence-corrected chi connectivity index (χ1v) is 30.9. The fourth-order valence-electron chi connectivity index (χ4n) is 9.28. The Morgan fingerprint density at radius 2 is 0.822 bits per heavy atom. The average Bonchev–Trinajstić information content (AvgIpc) is 1.75. The van der Waals surface area contributed by atoms with E-state index in [-0.39, 0.29) is 75.8 Å². The van der Waals surface area contributed by atoms with Crippen molar-refractivity contribution in [1.29, 1.82) is 10.5 Å². The second-order valence-electron chi connectivity index (χ2n) is 21.2. The van der Waals surface area contributed by atoms with Crippen LogP contribution in [-0.4, -0.2) is 111 Å². The van der Waals surface area contributed by atoms with Crippen LogP contribution in [0.3, 0.4) is 0 Å². The second-order valence-corrected chi connectivity index (χ2v) is 23.5. The first-order valence-electron chi connectivity index (χ1n) is 29.3. The number of allylic oxidation sites excluding steroid dienone is 1. The molecule has 1 aliphatic heterocycles. The maximum absolute atomic E-state index is 13.7. The molecule has 6 rings (SSSR count). The Kier molecular flexibility index (Phi) is 28.1. The number of rotatable bonds is 31. The van der Waals surface area contributed by atoms with Gasteiger partial charge in [0.1, 0.15) is 66.1 Å². The van der Waals surface area contributed by atoms with E-state index in [0.29, 0.717) is 89.7 Å². The van der Waals surface area contributed by atoms with E-state index in [2.05, 4.69) is 13.2 Å². The molecule has 2 aliphatic carbocycles. The zero-order valence-corrected chi connectivity index (χ0v) is 51.7. The highest BCUT2D eigenvalue weighted by atomic mass is 32.2. The highest BCUT2D eigenvalue weighted by molar-refractivity contribution is 8.24. The molecule has 0 bridgehead atoms. The van der Waals surface area contributed by atoms with Crippen LogP contribution in [0, 0.1) is 46.3 Å². The summed E-state index contributed by atoms with van der Waals surface area (Å²) < 4.78 is 59.7. The largest absolute Gasteiger partial charge is 0.465 e. The maximum Gasteiger partial charge on any atom is 0.330 e. The maximum atomic E-state index is 13.7. The Bertz CT molecular complexity index is 3210. The molecule has 1 heterocycles. The zero-order chi connectivity index (χ0) is 65.1. The van der Waals surface area contributed by atoms with Gasteiger partial charge < -0.3 is 52.1 Å². The molecule has 0 N–H and O–H groups in total. The Labute approximate surface area is 529 Å². The molecule has 3 aliphatic rings. The van der Waals surface area contributed by atoms with E-state index in [4.69, 9.17) is 52.1 Å². The number of esters is 10. The summed E-state index contributed by atoms with van der Waals surface area (Å²) in [6.45, 7) is 11.5. The number of carbonyl (C=O) groups excluding carboxylic acids is 10. The van der Waals surface area contributed by atoms with Crippen molar-refractivity contribution in [2.45, 2.75) is 139 Å². The van der Waals surface area contributed by atoms with Crippen molar-refractivity contribution < 1.29 is 100 Å². The van der Waals surface area contributed by atoms with E-state index < -0.39 is 102 Å². The summed E-state index contributed by atoms with van der Waals surface area (Å²) in [4.78, 5) is 126. The Morgan fingerprint density at radius 3 is 1.19 bits per heavy atom. The minimum atomic E-state index is -0.700. The van der Waals surface area contributed by atoms with Crippen LogP contribution in [-0.2, 0) is 93.9 Å². The summed E-state index contributed by atoms with van der Waals surface area (Å²) in [5.74, 6) is -6.73. The Morgan fingerprint density at radius 1 is 0.478 bits per heavy atom. The smallest absolute Gasteiger partial charge is 0.330 e. The number of fused-ring (bicyclic) bond motifs is 1. The van der Waals surface area contributed by atoms with Gasteiger partial charge in [-0.15, -0.1) is 0 Å². The number of thioether (sulfide) groups is 2. The van der Waals surface area contributed by atoms with Crippen LogP contribution in [0.1, 0.15) is 109 Å². The zero-order valence-electron chi connectivity index (χ0n) is 50.1. The summed E-state index contributed by atoms with van der Waals surface area (Å²) in [7, 11) is 0. The third-order valence-electron chi connectivity index (χ3n) is 14.3. The van der Waals surface area contributed by atoms with E-state index in [9.17, 15) is 58.5 Å². The van der Waals surface area contributed by atoms with Gasteiger partial charge in [0.2, 0.25) is 0 Å². The first kappa shape index (κ1) is 70.3. The molecule has 3 aromatic rings. The van der Waals surface area contributed by atoms with Gasteiger partial charge in [-0.3, -0.25) is 38.4 Å². The van der Waals surface area contributed by atoms with Gasteiger partial charge >= 0.3 is 59.7 Å². The van der Waals surface area contributed by atoms with Crippen molar-refractivity contribution in [3.05, 3.63) is 107 Å². The molecule has 2 fully saturated rings. The molecular weight excluding hydrogens is 1210 g/mol. The van der Waals surface area contributed by atoms with Crippen LogP contribution in [0.2, 0.25) is 0 Å². The van der Waals surface area contributed by atoms with Crippen molar-refractivity contribution in [1.82, 2.24) is 0 Å². The molecule has 25 heteroatoms. The van der Waals surface area contributed by atoms with E-state index in [1.54, 1.807) is 69.3 Å². The van der Waals surface area contributed by atoms with Gasteiger partial charge in [0, 0.05) is 25.0 Å². The number of nitriles is 2. The number of nitrogens with zero attached hydrogens (tertiary/aromatic N) is 2. The van der Waals surface area contributed by atoms with E-state index in [1.807, 2.05) is 12.1 Å². The Hall–Kier alpha value is -8.78. The van der Waals surface area contributed by atoms with Crippen molar-refractivity contribution in [2.75, 3.05) is 33.0 Å². The number of hydrogen-bond donors (Lipinski definition) is 0. The molecule has 3 unspecified atom stereocenters. The topological polar surface area (TPSA) is 320 Å². The lowest BCUT2D eigenvalue weighted by Crippen LogP contribution is -2.30. The molecule has 0 spiro atoms. The average molecular weight is 1280 g/mol. The minimum Gasteiger partial charge on any atom is -0.465 e. The third kappa shape index (κ3) is 23.0. The van der Waals surface area contributed by atoms with Crippen LogP contribution in [0.25, 0.3) is 0 Å². The molecule has 0 amide bonds. The summed E-state index contributed by atoms with van der Waals surface area (Å²) >= 11 is 2.09. The summed E-state index contributed by atoms with van der Waals surface area (Å²) in [5, 5.41) is 19.4. The molecule has 0 saturated heterocycles. The van der Waals surface area contributed by atoms with Crippen LogP contribution in [0.15, 0.2) is 106 Å². The van der Waals surface area contributed by atoms with Gasteiger partial charge in [0.15, 0.2) is 0 Å². The number of benzene rings is 3. The monoisotopic (exact) mass is 1280 g/mol. The van der Waals surface area contributed by atoms with Gasteiger partial charge in [-0.1, -0.05) is 60.9 Å². The fourth-order valence-corrected chi connectivity index (χ4v) is 11.8. The molecule has 0 aromatic heterocycles. The number of ether oxygens (including phenoxy) is 11. The van der Waals surface area contributed by atoms with Gasteiger partial charge in [-0.2, -0.15) is 10.5 Å². The van der Waals surface area contributed by atoms with Gasteiger partial charge in [-0.25, -0.2) is 9.59 Å². The fraction of sp³-hybridized carbons (Fsp3) is 0.446. The van der Waals surface area contributed by atoms with E-state index >= 15 is 0 Å². The lowest BCUT2D eigenvalue weighted by molar-refractivity contribution is -0.157. The summed E-state index contributed by atoms with van der Waals surface area (Å²) in [6.07, 6.45) is 3.04. The Balaban J connectivity index is 0.886. The predicted octanol–water partition coefficient (Wildman–Crippen LogP) is 9.24. The summed E-state index contributed by atoms with van der Waals surface area (Å²) in [6, 6.07) is 20.2. The highest BCUT2D eigenvalue weighted by Gasteiger charge is 2.37. The molecular formula is C65H70N2O21S2. The third-order valence-corrected chi connectivity index (χ3v) is 16.9. The van der Waals surface area contributed by atoms with Crippen LogP contribution >= 0.6 is 23.5 Å². The van der Waals surface area contributed by atoms with Crippen molar-refractivity contribution in [2.24, 2.45) is 23.7 Å². The molecule has 23 nitrogen and oxygen atoms in total.